The lowest BCUT2D eigenvalue weighted by molar-refractivity contribution is 0.115. The van der Waals surface area contributed by atoms with Gasteiger partial charge in [0, 0.05) is 0 Å². The predicted octanol–water partition coefficient (Wildman–Crippen LogP) is 1.29. The zero-order chi connectivity index (χ0) is 11.4. The van der Waals surface area contributed by atoms with Crippen LogP contribution in [0.2, 0.25) is 0 Å². The van der Waals surface area contributed by atoms with Crippen molar-refractivity contribution in [2.75, 3.05) is 6.61 Å². The first-order valence-electron chi connectivity index (χ1n) is 5.18. The second-order valence-corrected chi connectivity index (χ2v) is 5.52. The molecule has 1 aliphatic carbocycles. The Kier molecular flexibility index (Phi) is 3.70. The van der Waals surface area contributed by atoms with Gasteiger partial charge in [-0.25, -0.2) is 8.49 Å². The van der Waals surface area contributed by atoms with Crippen molar-refractivity contribution in [3.63, 3.8) is 0 Å². The summed E-state index contributed by atoms with van der Waals surface area (Å²) in [6.45, 7) is 0.968. The molecule has 0 bridgehead atoms. The fourth-order valence-corrected chi connectivity index (χ4v) is 2.35. The fourth-order valence-electron chi connectivity index (χ4n) is 1.53. The molecule has 0 saturated heterocycles. The van der Waals surface area contributed by atoms with Crippen LogP contribution in [-0.4, -0.2) is 15.6 Å². The summed E-state index contributed by atoms with van der Waals surface area (Å²) in [4.78, 5) is 0. The Hall–Kier alpha value is -0.750. The van der Waals surface area contributed by atoms with Gasteiger partial charge in [0.1, 0.15) is 0 Å². The van der Waals surface area contributed by atoms with Crippen LogP contribution in [0.15, 0.2) is 30.3 Å². The Bertz CT molecular complexity index is 365. The maximum atomic E-state index is 11.4. The lowest BCUT2D eigenvalue weighted by Crippen LogP contribution is -2.26. The first-order chi connectivity index (χ1) is 7.77. The molecule has 88 valence electrons. The van der Waals surface area contributed by atoms with Crippen molar-refractivity contribution in [2.24, 2.45) is 5.90 Å². The molecule has 0 heterocycles. The monoisotopic (exact) mass is 241 g/mol. The smallest absolute Gasteiger partial charge is 0.181 e. The van der Waals surface area contributed by atoms with E-state index in [1.54, 1.807) is 0 Å². The zero-order valence-electron chi connectivity index (χ0n) is 8.93. The lowest BCUT2D eigenvalue weighted by atomic mass is 10.2. The summed E-state index contributed by atoms with van der Waals surface area (Å²) in [5.74, 6) is 4.93. The molecule has 16 heavy (non-hydrogen) atoms. The molecule has 2 rings (SSSR count). The van der Waals surface area contributed by atoms with Crippen molar-refractivity contribution >= 4 is 11.1 Å². The molecule has 1 aliphatic rings. The summed E-state index contributed by atoms with van der Waals surface area (Å²) in [7, 11) is 0. The van der Waals surface area contributed by atoms with E-state index in [9.17, 15) is 4.21 Å². The highest BCUT2D eigenvalue weighted by molar-refractivity contribution is 7.82. The third kappa shape index (κ3) is 2.68. The fraction of sp³-hybridized carbons (Fsp3) is 0.455. The molecule has 1 fully saturated rings. The van der Waals surface area contributed by atoms with Gasteiger partial charge in [-0.1, -0.05) is 30.3 Å². The number of benzene rings is 1. The van der Waals surface area contributed by atoms with Crippen molar-refractivity contribution in [1.82, 2.24) is 0 Å². The molecule has 1 atom stereocenters. The quantitative estimate of drug-likeness (QED) is 0.762. The summed E-state index contributed by atoms with van der Waals surface area (Å²) < 4.78 is 21.0. The van der Waals surface area contributed by atoms with Crippen LogP contribution in [0.25, 0.3) is 0 Å². The van der Waals surface area contributed by atoms with Gasteiger partial charge in [0.05, 0.1) is 18.0 Å². The maximum Gasteiger partial charge on any atom is 0.181 e. The molecule has 1 unspecified atom stereocenters. The summed E-state index contributed by atoms with van der Waals surface area (Å²) in [6, 6.07) is 9.88. The first-order valence-corrected chi connectivity index (χ1v) is 6.25. The van der Waals surface area contributed by atoms with E-state index < -0.39 is 11.1 Å². The Labute approximate surface area is 97.4 Å². The Morgan fingerprint density at radius 3 is 2.56 bits per heavy atom. The van der Waals surface area contributed by atoms with Crippen molar-refractivity contribution in [2.45, 2.75) is 24.2 Å². The Morgan fingerprint density at radius 1 is 1.31 bits per heavy atom. The van der Waals surface area contributed by atoms with Crippen molar-refractivity contribution in [3.05, 3.63) is 35.9 Å². The van der Waals surface area contributed by atoms with E-state index >= 15 is 0 Å². The van der Waals surface area contributed by atoms with Crippen LogP contribution in [0.5, 0.6) is 0 Å². The standard InChI is InChI=1S/C11H15NO3S/c12-15-16(13)11(6-7-11)9-14-8-10-4-2-1-3-5-10/h1-5H,6-9,12H2. The molecule has 0 spiro atoms. The van der Waals surface area contributed by atoms with Crippen LogP contribution in [0, 0.1) is 0 Å². The van der Waals surface area contributed by atoms with Gasteiger partial charge in [-0.05, 0) is 18.4 Å². The molecular weight excluding hydrogens is 226 g/mol. The van der Waals surface area contributed by atoms with Gasteiger partial charge in [0.25, 0.3) is 0 Å². The van der Waals surface area contributed by atoms with Crippen LogP contribution >= 0.6 is 0 Å². The molecule has 1 aromatic rings. The van der Waals surface area contributed by atoms with Gasteiger partial charge in [-0.2, -0.15) is 5.90 Å². The Balaban J connectivity index is 1.79. The highest BCUT2D eigenvalue weighted by atomic mass is 32.2. The van der Waals surface area contributed by atoms with E-state index in [0.29, 0.717) is 13.2 Å². The third-order valence-corrected chi connectivity index (χ3v) is 4.13. The summed E-state index contributed by atoms with van der Waals surface area (Å²) in [6.07, 6.45) is 1.71. The van der Waals surface area contributed by atoms with Crippen LogP contribution in [0.4, 0.5) is 0 Å². The minimum absolute atomic E-state index is 0.358. The average Bonchev–Trinajstić information content (AvgIpc) is 3.11. The lowest BCUT2D eigenvalue weighted by Gasteiger charge is -2.12. The third-order valence-electron chi connectivity index (χ3n) is 2.73. The average molecular weight is 241 g/mol. The minimum Gasteiger partial charge on any atom is -0.375 e. The molecule has 5 heteroatoms. The molecule has 1 aromatic carbocycles. The van der Waals surface area contributed by atoms with Crippen LogP contribution in [0.3, 0.4) is 0 Å². The number of nitrogens with two attached hydrogens (primary N) is 1. The number of rotatable bonds is 6. The number of hydrogen-bond acceptors (Lipinski definition) is 4. The molecule has 0 aliphatic heterocycles. The van der Waals surface area contributed by atoms with E-state index in [1.807, 2.05) is 30.3 Å². The topological polar surface area (TPSA) is 61.5 Å². The van der Waals surface area contributed by atoms with Gasteiger partial charge in [0.2, 0.25) is 0 Å². The maximum absolute atomic E-state index is 11.4. The zero-order valence-corrected chi connectivity index (χ0v) is 9.74. The van der Waals surface area contributed by atoms with Crippen molar-refractivity contribution in [1.29, 1.82) is 0 Å². The predicted molar refractivity (Wildman–Crippen MR) is 61.5 cm³/mol. The normalized spacial score (nSPS) is 19.3. The highest BCUT2D eigenvalue weighted by Crippen LogP contribution is 2.42. The van der Waals surface area contributed by atoms with E-state index in [-0.39, 0.29) is 4.75 Å². The molecule has 0 amide bonds. The minimum atomic E-state index is -1.43. The number of hydrogen-bond donors (Lipinski definition) is 1. The van der Waals surface area contributed by atoms with Gasteiger partial charge in [-0.3, -0.25) is 0 Å². The van der Waals surface area contributed by atoms with Crippen molar-refractivity contribution in [3.8, 4) is 0 Å². The molecule has 1 saturated carbocycles. The molecule has 0 aromatic heterocycles. The highest BCUT2D eigenvalue weighted by Gasteiger charge is 2.50. The molecule has 2 N–H and O–H groups in total. The van der Waals surface area contributed by atoms with E-state index in [4.69, 9.17) is 10.6 Å². The number of ether oxygens (including phenoxy) is 1. The van der Waals surface area contributed by atoms with E-state index in [0.717, 1.165) is 18.4 Å². The summed E-state index contributed by atoms with van der Waals surface area (Å²) >= 11 is -1.43. The Morgan fingerprint density at radius 2 is 2.00 bits per heavy atom. The largest absolute Gasteiger partial charge is 0.375 e. The molecule has 0 radical (unpaired) electrons. The first kappa shape index (κ1) is 11.7. The van der Waals surface area contributed by atoms with E-state index in [1.165, 1.54) is 0 Å². The molecular formula is C11H15NO3S. The van der Waals surface area contributed by atoms with Gasteiger partial charge < -0.3 is 4.74 Å². The SMILES string of the molecule is NOS(=O)C1(COCc2ccccc2)CC1. The van der Waals surface area contributed by atoms with Crippen molar-refractivity contribution < 1.29 is 13.2 Å². The van der Waals surface area contributed by atoms with Crippen LogP contribution in [-0.2, 0) is 26.7 Å². The summed E-state index contributed by atoms with van der Waals surface area (Å²) in [5, 5.41) is 0. The second kappa shape index (κ2) is 5.05. The molecule has 4 nitrogen and oxygen atoms in total. The van der Waals surface area contributed by atoms with Crippen LogP contribution in [0.1, 0.15) is 18.4 Å². The van der Waals surface area contributed by atoms with Gasteiger partial charge in [-0.15, -0.1) is 0 Å². The second-order valence-electron chi connectivity index (χ2n) is 3.99. The summed E-state index contributed by atoms with van der Waals surface area (Å²) in [5.41, 5.74) is 1.11. The van der Waals surface area contributed by atoms with Gasteiger partial charge in [0.15, 0.2) is 11.1 Å². The van der Waals surface area contributed by atoms with Crippen LogP contribution < -0.4 is 5.90 Å². The van der Waals surface area contributed by atoms with E-state index in [2.05, 4.69) is 4.28 Å². The van der Waals surface area contributed by atoms with Gasteiger partial charge >= 0.3 is 0 Å².